The first-order valence-corrected chi connectivity index (χ1v) is 7.78. The average molecular weight is 651 g/mol. The quantitative estimate of drug-likeness (QED) is 0.0434. The Balaban J connectivity index is -0.0000000282. The molecule has 0 aliphatic heterocycles. The molecule has 0 amide bonds. The molecule has 0 aromatic rings. The second kappa shape index (κ2) is 44.6. The molecule has 0 saturated carbocycles. The number of carboxylic acids is 3. The van der Waals surface area contributed by atoms with Crippen molar-refractivity contribution in [3.05, 3.63) is 0 Å². The van der Waals surface area contributed by atoms with Crippen LogP contribution in [0.2, 0.25) is 0 Å². The molecule has 9 N–H and O–H groups in total. The van der Waals surface area contributed by atoms with Gasteiger partial charge >= 0.3 is 158 Å². The molecule has 0 atom stereocenters. The first-order valence-electron chi connectivity index (χ1n) is 5.38. The van der Waals surface area contributed by atoms with Crippen LogP contribution >= 0.6 is 0 Å². The molecule has 0 radical (unpaired) electrons. The van der Waals surface area contributed by atoms with Crippen molar-refractivity contribution >= 4 is 45.8 Å². The number of hydrogen-bond acceptors (Lipinski definition) is 13. The zero-order valence-corrected chi connectivity index (χ0v) is 29.9. The van der Waals surface area contributed by atoms with Crippen LogP contribution in [0.25, 0.3) is 0 Å². The molecule has 0 saturated heterocycles. The Bertz CT molecular complexity index is 535. The normalized spacial score (nSPS) is 7.64. The van der Waals surface area contributed by atoms with Gasteiger partial charge in [-0.3, -0.25) is 36.8 Å². The minimum atomic E-state index is -5.17. The summed E-state index contributed by atoms with van der Waals surface area (Å²) in [5.74, 6) is -0.285. The van der Waals surface area contributed by atoms with Crippen LogP contribution in [0.4, 0.5) is 4.79 Å². The number of nitrogens with zero attached hydrogens (tertiary/aromatic N) is 1. The van der Waals surface area contributed by atoms with E-state index in [1.165, 1.54) is 0 Å². The molecule has 26 heteroatoms. The van der Waals surface area contributed by atoms with Gasteiger partial charge in [0.1, 0.15) is 0 Å². The number of aliphatic carboxylic acids is 3. The summed E-state index contributed by atoms with van der Waals surface area (Å²) >= 11 is -2.61. The molecule has 0 aliphatic carbocycles. The Kier molecular flexibility index (Phi) is 87.9. The topological polar surface area (TPSA) is 360 Å². The second-order valence-corrected chi connectivity index (χ2v) is 4.51. The third-order valence-electron chi connectivity index (χ3n) is 1.08. The summed E-state index contributed by atoms with van der Waals surface area (Å²) in [4.78, 5) is 39.7. The van der Waals surface area contributed by atoms with Gasteiger partial charge < -0.3 is 61.6 Å². The van der Waals surface area contributed by atoms with Crippen molar-refractivity contribution in [3.63, 3.8) is 0 Å². The Morgan fingerprint density at radius 1 is 0.788 bits per heavy atom. The standard InChI is InChI=1S/C6H9NO6.CH2O3.BrH.K.H3NO.3Na.H2O4S.H2O3S/c8-4(9)1-7(2-5(10)11)3-6(12)13;2-1(3)4;;;1-2;;;;1-5(2,3)4;1-4(2)3/h1-3H2,(H,8,9)(H,10,11)(H,12,13);(H2,2,3,4);1H;;2H,1H2;;;;(H2,1,2,3,4);(H2,1,2,3)/q;;;+1;;3*+1;;/p-4. The molecular weight excluding hydrogens is 636 g/mol. The van der Waals surface area contributed by atoms with Crippen LogP contribution in [-0.2, 0) is 36.1 Å². The molecule has 0 unspecified atom stereocenters. The van der Waals surface area contributed by atoms with E-state index in [9.17, 15) is 14.4 Å². The van der Waals surface area contributed by atoms with Gasteiger partial charge in [0.25, 0.3) is 11.4 Å². The number of nitrogens with two attached hydrogens (primary N) is 1. The van der Waals surface area contributed by atoms with Crippen LogP contribution in [-0.4, -0.2) is 105 Å². The van der Waals surface area contributed by atoms with Crippen LogP contribution in [0.5, 0.6) is 0 Å². The fourth-order valence-corrected chi connectivity index (χ4v) is 0.742. The van der Waals surface area contributed by atoms with Gasteiger partial charge in [0, 0.05) is 10.4 Å². The maximum Gasteiger partial charge on any atom is 1.00 e. The number of carbonyl (C=O) groups is 4. The summed E-state index contributed by atoms with van der Waals surface area (Å²) in [7, 11) is -5.17. The summed E-state index contributed by atoms with van der Waals surface area (Å²) in [5, 5.41) is 46.7. The smallest absolute Gasteiger partial charge is 1.00 e. The van der Waals surface area contributed by atoms with Crippen molar-refractivity contribution in [3.8, 4) is 0 Å². The van der Waals surface area contributed by atoms with Crippen LogP contribution in [0, 0.1) is 0 Å². The third kappa shape index (κ3) is 172. The van der Waals surface area contributed by atoms with E-state index >= 15 is 0 Å². The van der Waals surface area contributed by atoms with Gasteiger partial charge in [-0.25, -0.2) is 5.90 Å². The summed E-state index contributed by atoms with van der Waals surface area (Å²) in [5.41, 5.74) is 0. The maximum absolute atomic E-state index is 10.1. The van der Waals surface area contributed by atoms with Crippen molar-refractivity contribution in [2.24, 2.45) is 5.90 Å². The van der Waals surface area contributed by atoms with Crippen LogP contribution in [0.3, 0.4) is 0 Å². The predicted molar refractivity (Wildman–Crippen MR) is 77.2 cm³/mol. The van der Waals surface area contributed by atoms with Crippen molar-refractivity contribution in [2.45, 2.75) is 0 Å². The van der Waals surface area contributed by atoms with Gasteiger partial charge in [-0.15, -0.1) is 0 Å². The molecule has 0 rings (SSSR count). The molecule has 0 aromatic carbocycles. The van der Waals surface area contributed by atoms with Crippen LogP contribution in [0.15, 0.2) is 0 Å². The van der Waals surface area contributed by atoms with Gasteiger partial charge in [-0.2, -0.15) is 4.21 Å². The number of carboxylic acid groups (broad SMARTS) is 5. The largest absolute Gasteiger partial charge is 1.00 e. The van der Waals surface area contributed by atoms with Gasteiger partial charge in [-0.1, -0.05) is 0 Å². The molecule has 0 aliphatic rings. The number of rotatable bonds is 6. The molecular formula is C7H15BrKN2Na3O17S2. The molecule has 0 fully saturated rings. The molecule has 0 heterocycles. The van der Waals surface area contributed by atoms with Gasteiger partial charge in [0.15, 0.2) is 0 Å². The minimum Gasteiger partial charge on any atom is -1.00 e. The molecule has 0 spiro atoms. The summed E-state index contributed by atoms with van der Waals surface area (Å²) in [6.45, 7) is -1.80. The van der Waals surface area contributed by atoms with E-state index in [-0.39, 0.29) is 157 Å². The fourth-order valence-electron chi connectivity index (χ4n) is 0.742. The fraction of sp³-hybridized carbons (Fsp3) is 0.429. The van der Waals surface area contributed by atoms with Crippen molar-refractivity contribution in [1.29, 1.82) is 0 Å². The monoisotopic (exact) mass is 650 g/mol. The van der Waals surface area contributed by atoms with E-state index in [1.54, 1.807) is 0 Å². The number of hydrogen-bond donors (Lipinski definition) is 8. The SMILES string of the molecule is NO.O=C(O)CN(CC(=O)O)CC(=O)O.O=C([O-])O.O=S(=O)([O-])[O-].O=S(O)O.[Br-].[K+].[Na+].[Na+].[Na+]. The van der Waals surface area contributed by atoms with Crippen molar-refractivity contribution in [2.75, 3.05) is 19.6 Å². The summed E-state index contributed by atoms with van der Waals surface area (Å²) in [6, 6.07) is 0. The van der Waals surface area contributed by atoms with Crippen LogP contribution in [0.1, 0.15) is 0 Å². The van der Waals surface area contributed by atoms with Gasteiger partial charge in [0.05, 0.1) is 19.6 Å². The molecule has 0 aromatic heterocycles. The average Bonchev–Trinajstić information content (AvgIpc) is 2.34. The van der Waals surface area contributed by atoms with E-state index in [0.717, 1.165) is 4.90 Å². The first-order chi connectivity index (χ1) is 12.4. The van der Waals surface area contributed by atoms with Crippen LogP contribution < -0.4 is 168 Å². The van der Waals surface area contributed by atoms with E-state index in [1.807, 2.05) is 0 Å². The van der Waals surface area contributed by atoms with Crippen molar-refractivity contribution in [1.82, 2.24) is 4.90 Å². The molecule has 33 heavy (non-hydrogen) atoms. The zero-order chi connectivity index (χ0) is 24.1. The molecule has 0 bridgehead atoms. The Hall–Kier alpha value is 2.62. The van der Waals surface area contributed by atoms with E-state index in [0.29, 0.717) is 0 Å². The summed E-state index contributed by atoms with van der Waals surface area (Å²) < 4.78 is 56.9. The third-order valence-corrected chi connectivity index (χ3v) is 1.08. The molecule has 178 valence electrons. The van der Waals surface area contributed by atoms with Gasteiger partial charge in [0.2, 0.25) is 6.16 Å². The van der Waals surface area contributed by atoms with E-state index in [2.05, 4.69) is 5.90 Å². The first kappa shape index (κ1) is 65.0. The summed E-state index contributed by atoms with van der Waals surface area (Å²) in [6.07, 6.45) is -2.08. The zero-order valence-electron chi connectivity index (χ0n) is 17.6. The Morgan fingerprint density at radius 3 is 0.939 bits per heavy atom. The Morgan fingerprint density at radius 2 is 0.879 bits per heavy atom. The van der Waals surface area contributed by atoms with Crippen molar-refractivity contribution < 1.29 is 238 Å². The van der Waals surface area contributed by atoms with E-state index < -0.39 is 65.5 Å². The number of halogens is 1. The molecule has 19 nitrogen and oxygen atoms in total. The Labute approximate surface area is 308 Å². The maximum atomic E-state index is 10.1. The second-order valence-electron chi connectivity index (χ2n) is 3.23. The predicted octanol–water partition coefficient (Wildman–Crippen LogP) is -19.9. The van der Waals surface area contributed by atoms with E-state index in [4.69, 9.17) is 66.4 Å². The van der Waals surface area contributed by atoms with Gasteiger partial charge in [-0.05, 0) is 0 Å². The minimum absolute atomic E-state index is 0.